The molecule has 0 amide bonds. The molecule has 8 heteroatoms. The lowest BCUT2D eigenvalue weighted by molar-refractivity contribution is 0.636. The second-order valence-electron chi connectivity index (χ2n) is 7.52. The zero-order valence-electron chi connectivity index (χ0n) is 17.3. The first-order valence-electron chi connectivity index (χ1n) is 10.1. The lowest BCUT2D eigenvalue weighted by atomic mass is 10.2. The van der Waals surface area contributed by atoms with E-state index < -0.39 is 0 Å². The molecule has 0 saturated carbocycles. The van der Waals surface area contributed by atoms with Crippen molar-refractivity contribution < 1.29 is 0 Å². The number of nitrogens with zero attached hydrogens (tertiary/aromatic N) is 7. The summed E-state index contributed by atoms with van der Waals surface area (Å²) < 4.78 is 0. The van der Waals surface area contributed by atoms with Gasteiger partial charge in [-0.05, 0) is 45.0 Å². The lowest BCUT2D eigenvalue weighted by Crippen LogP contribution is -2.47. The van der Waals surface area contributed by atoms with Crippen LogP contribution in [0.2, 0.25) is 0 Å². The minimum Gasteiger partial charge on any atom is -0.352 e. The standard InChI is InChI=1S/C22H23N7S/c1-14-21(30-16(3)23-14)19-8-9-20(27-26-19)28-10-12-29(13-11-28)22-15(2)24-17-6-4-5-7-18(17)25-22/h4-9H,10-13H2,1-3H3. The molecule has 1 fully saturated rings. The normalized spacial score (nSPS) is 14.5. The predicted octanol–water partition coefficient (Wildman–Crippen LogP) is 3.80. The summed E-state index contributed by atoms with van der Waals surface area (Å²) >= 11 is 1.66. The Morgan fingerprint density at radius 3 is 2.07 bits per heavy atom. The second kappa shape index (κ2) is 7.60. The Hall–Kier alpha value is -3.13. The number of rotatable bonds is 3. The van der Waals surface area contributed by atoms with E-state index in [1.807, 2.05) is 51.1 Å². The average Bonchev–Trinajstić information content (AvgIpc) is 3.11. The molecule has 3 aromatic heterocycles. The van der Waals surface area contributed by atoms with Crippen molar-refractivity contribution in [2.75, 3.05) is 36.0 Å². The summed E-state index contributed by atoms with van der Waals surface area (Å²) in [7, 11) is 0. The van der Waals surface area contributed by atoms with Crippen LogP contribution in [0.3, 0.4) is 0 Å². The number of anilines is 2. The molecule has 5 rings (SSSR count). The van der Waals surface area contributed by atoms with Crippen molar-refractivity contribution in [3.8, 4) is 10.6 Å². The molecule has 0 radical (unpaired) electrons. The molecule has 30 heavy (non-hydrogen) atoms. The van der Waals surface area contributed by atoms with E-state index in [9.17, 15) is 0 Å². The SMILES string of the molecule is Cc1nc(C)c(-c2ccc(N3CCN(c4nc5ccccc5nc4C)CC3)nn2)s1. The highest BCUT2D eigenvalue weighted by Gasteiger charge is 2.22. The summed E-state index contributed by atoms with van der Waals surface area (Å²) in [5.74, 6) is 1.89. The fourth-order valence-electron chi connectivity index (χ4n) is 3.91. The topological polar surface area (TPSA) is 70.9 Å². The van der Waals surface area contributed by atoms with E-state index in [0.29, 0.717) is 0 Å². The van der Waals surface area contributed by atoms with E-state index in [-0.39, 0.29) is 0 Å². The molecule has 0 unspecified atom stereocenters. The molecule has 0 atom stereocenters. The number of hydrogen-bond acceptors (Lipinski definition) is 8. The summed E-state index contributed by atoms with van der Waals surface area (Å²) in [6.45, 7) is 9.58. The highest BCUT2D eigenvalue weighted by Crippen LogP contribution is 2.29. The van der Waals surface area contributed by atoms with Gasteiger partial charge in [-0.15, -0.1) is 21.5 Å². The molecule has 4 heterocycles. The first-order valence-corrected chi connectivity index (χ1v) is 10.9. The van der Waals surface area contributed by atoms with Crippen molar-refractivity contribution in [3.63, 3.8) is 0 Å². The molecule has 152 valence electrons. The first-order chi connectivity index (χ1) is 14.6. The molecule has 1 aliphatic rings. The molecule has 1 aliphatic heterocycles. The summed E-state index contributed by atoms with van der Waals surface area (Å²) in [5, 5.41) is 10.0. The highest BCUT2D eigenvalue weighted by atomic mass is 32.1. The average molecular weight is 418 g/mol. The summed E-state index contributed by atoms with van der Waals surface area (Å²) in [6.07, 6.45) is 0. The van der Waals surface area contributed by atoms with Gasteiger partial charge in [0.15, 0.2) is 11.6 Å². The zero-order valence-corrected chi connectivity index (χ0v) is 18.1. The van der Waals surface area contributed by atoms with Crippen LogP contribution >= 0.6 is 11.3 Å². The number of fused-ring (bicyclic) bond motifs is 1. The van der Waals surface area contributed by atoms with E-state index in [1.54, 1.807) is 11.3 Å². The van der Waals surface area contributed by atoms with Crippen molar-refractivity contribution in [3.05, 3.63) is 52.8 Å². The lowest BCUT2D eigenvalue weighted by Gasteiger charge is -2.36. The van der Waals surface area contributed by atoms with Gasteiger partial charge >= 0.3 is 0 Å². The third kappa shape index (κ3) is 3.47. The van der Waals surface area contributed by atoms with Crippen LogP contribution < -0.4 is 9.80 Å². The van der Waals surface area contributed by atoms with Gasteiger partial charge in [0.25, 0.3) is 0 Å². The van der Waals surface area contributed by atoms with Gasteiger partial charge in [-0.1, -0.05) is 12.1 Å². The predicted molar refractivity (Wildman–Crippen MR) is 121 cm³/mol. The summed E-state index contributed by atoms with van der Waals surface area (Å²) in [5.41, 5.74) is 4.76. The molecule has 0 N–H and O–H groups in total. The fraction of sp³-hybridized carbons (Fsp3) is 0.318. The van der Waals surface area contributed by atoms with Gasteiger partial charge in [0.2, 0.25) is 0 Å². The maximum absolute atomic E-state index is 4.86. The Morgan fingerprint density at radius 1 is 0.733 bits per heavy atom. The summed E-state index contributed by atoms with van der Waals surface area (Å²) in [6, 6.07) is 12.1. The Morgan fingerprint density at radius 2 is 1.43 bits per heavy atom. The van der Waals surface area contributed by atoms with Crippen LogP contribution in [-0.4, -0.2) is 51.3 Å². The Bertz CT molecular complexity index is 1190. The third-order valence-corrected chi connectivity index (χ3v) is 6.51. The van der Waals surface area contributed by atoms with E-state index in [2.05, 4.69) is 31.0 Å². The van der Waals surface area contributed by atoms with Crippen molar-refractivity contribution in [2.45, 2.75) is 20.8 Å². The van der Waals surface area contributed by atoms with Crippen LogP contribution in [0.25, 0.3) is 21.6 Å². The van der Waals surface area contributed by atoms with Gasteiger partial charge in [0, 0.05) is 26.2 Å². The molecular weight excluding hydrogens is 394 g/mol. The van der Waals surface area contributed by atoms with E-state index >= 15 is 0 Å². The zero-order chi connectivity index (χ0) is 20.7. The smallest absolute Gasteiger partial charge is 0.151 e. The van der Waals surface area contributed by atoms with Gasteiger partial charge in [-0.25, -0.2) is 15.0 Å². The van der Waals surface area contributed by atoms with Crippen LogP contribution in [0, 0.1) is 20.8 Å². The number of benzene rings is 1. The molecule has 0 aliphatic carbocycles. The van der Waals surface area contributed by atoms with Crippen LogP contribution in [0.15, 0.2) is 36.4 Å². The first kappa shape index (κ1) is 18.9. The number of thiazole rings is 1. The van der Waals surface area contributed by atoms with Gasteiger partial charge in [0.05, 0.1) is 32.3 Å². The van der Waals surface area contributed by atoms with E-state index in [0.717, 1.165) is 75.8 Å². The minimum absolute atomic E-state index is 0.876. The molecule has 1 aromatic carbocycles. The molecule has 4 aromatic rings. The van der Waals surface area contributed by atoms with Gasteiger partial charge in [0.1, 0.15) is 5.69 Å². The number of hydrogen-bond donors (Lipinski definition) is 0. The third-order valence-electron chi connectivity index (χ3n) is 5.41. The molecule has 0 spiro atoms. The summed E-state index contributed by atoms with van der Waals surface area (Å²) in [4.78, 5) is 19.8. The number of piperazine rings is 1. The van der Waals surface area contributed by atoms with Crippen molar-refractivity contribution in [2.24, 2.45) is 0 Å². The van der Waals surface area contributed by atoms with Gasteiger partial charge in [-0.2, -0.15) is 0 Å². The Labute approximate surface area is 179 Å². The second-order valence-corrected chi connectivity index (χ2v) is 8.72. The monoisotopic (exact) mass is 417 g/mol. The van der Waals surface area contributed by atoms with Gasteiger partial charge in [-0.3, -0.25) is 0 Å². The largest absolute Gasteiger partial charge is 0.352 e. The van der Waals surface area contributed by atoms with Crippen molar-refractivity contribution in [1.29, 1.82) is 0 Å². The van der Waals surface area contributed by atoms with Crippen LogP contribution in [0.4, 0.5) is 11.6 Å². The Balaban J connectivity index is 1.30. The number of aromatic nitrogens is 5. The maximum Gasteiger partial charge on any atom is 0.151 e. The van der Waals surface area contributed by atoms with Crippen molar-refractivity contribution in [1.82, 2.24) is 25.1 Å². The van der Waals surface area contributed by atoms with Crippen LogP contribution in [-0.2, 0) is 0 Å². The fourth-order valence-corrected chi connectivity index (χ4v) is 4.79. The number of para-hydroxylation sites is 2. The van der Waals surface area contributed by atoms with E-state index in [4.69, 9.17) is 9.97 Å². The number of aryl methyl sites for hydroxylation is 3. The molecule has 0 bridgehead atoms. The van der Waals surface area contributed by atoms with Crippen LogP contribution in [0.1, 0.15) is 16.4 Å². The maximum atomic E-state index is 4.86. The molecule has 1 saturated heterocycles. The molecule has 7 nitrogen and oxygen atoms in total. The van der Waals surface area contributed by atoms with Crippen LogP contribution in [0.5, 0.6) is 0 Å². The van der Waals surface area contributed by atoms with Crippen molar-refractivity contribution >= 4 is 34.0 Å². The highest BCUT2D eigenvalue weighted by molar-refractivity contribution is 7.15. The Kier molecular flexibility index (Phi) is 4.78. The minimum atomic E-state index is 0.876. The van der Waals surface area contributed by atoms with Gasteiger partial charge < -0.3 is 9.80 Å². The quantitative estimate of drug-likeness (QED) is 0.502. The van der Waals surface area contributed by atoms with E-state index in [1.165, 1.54) is 0 Å². The molecular formula is C22H23N7S.